The molecule has 4 rings (SSSR count). The molecule has 0 spiro atoms. The van der Waals surface area contributed by atoms with E-state index in [-0.39, 0.29) is 5.56 Å². The van der Waals surface area contributed by atoms with E-state index in [9.17, 15) is 9.59 Å². The van der Waals surface area contributed by atoms with Crippen molar-refractivity contribution in [3.8, 4) is 0 Å². The fourth-order valence-corrected chi connectivity index (χ4v) is 2.79. The molecule has 2 heterocycles. The molecule has 4 aromatic rings. The number of pyridine rings is 1. The number of carbonyl (C=O) groups excluding carboxylic acids is 2. The van der Waals surface area contributed by atoms with Crippen LogP contribution in [0.25, 0.3) is 22.0 Å². The number of fused-ring (bicyclic) bond motifs is 2. The van der Waals surface area contributed by atoms with Crippen LogP contribution >= 0.6 is 0 Å². The highest BCUT2D eigenvalue weighted by Gasteiger charge is 2.13. The zero-order valence-electron chi connectivity index (χ0n) is 14.4. The van der Waals surface area contributed by atoms with Gasteiger partial charge in [-0.15, -0.1) is 0 Å². The van der Waals surface area contributed by atoms with Gasteiger partial charge in [0.05, 0.1) is 16.8 Å². The number of ether oxygens (including phenoxy) is 1. The maximum atomic E-state index is 12.2. The number of anilines is 1. The van der Waals surface area contributed by atoms with E-state index in [4.69, 9.17) is 9.15 Å². The summed E-state index contributed by atoms with van der Waals surface area (Å²) < 4.78 is 10.3. The molecule has 0 radical (unpaired) electrons. The lowest BCUT2D eigenvalue weighted by atomic mass is 10.1. The Morgan fingerprint density at radius 2 is 1.96 bits per heavy atom. The normalized spacial score (nSPS) is 10.9. The van der Waals surface area contributed by atoms with Gasteiger partial charge >= 0.3 is 5.97 Å². The Labute approximate surface area is 154 Å². The van der Waals surface area contributed by atoms with Gasteiger partial charge in [-0.05, 0) is 37.3 Å². The number of carbonyl (C=O) groups is 2. The van der Waals surface area contributed by atoms with E-state index < -0.39 is 18.5 Å². The average molecular weight is 361 g/mol. The number of rotatable bonds is 4. The summed E-state index contributed by atoms with van der Waals surface area (Å²) in [7, 11) is 0. The Morgan fingerprint density at radius 3 is 2.85 bits per heavy atom. The number of aromatic nitrogens is 2. The number of aryl methyl sites for hydroxylation is 1. The van der Waals surface area contributed by atoms with Gasteiger partial charge in [-0.25, -0.2) is 9.78 Å². The molecule has 1 N–H and O–H groups in total. The molecule has 0 bridgehead atoms. The molecule has 134 valence electrons. The number of para-hydroxylation sites is 1. The van der Waals surface area contributed by atoms with Gasteiger partial charge in [0, 0.05) is 11.1 Å². The fraction of sp³-hybridized carbons (Fsp3) is 0.100. The highest BCUT2D eigenvalue weighted by Crippen LogP contribution is 2.23. The molecule has 27 heavy (non-hydrogen) atoms. The molecule has 0 aliphatic rings. The largest absolute Gasteiger partial charge is 0.452 e. The van der Waals surface area contributed by atoms with E-state index in [0.717, 1.165) is 16.6 Å². The molecule has 0 atom stereocenters. The highest BCUT2D eigenvalue weighted by atomic mass is 16.5. The van der Waals surface area contributed by atoms with Crippen LogP contribution in [0.4, 0.5) is 5.69 Å². The predicted octanol–water partition coefficient (Wildman–Crippen LogP) is 3.48. The summed E-state index contributed by atoms with van der Waals surface area (Å²) in [6.45, 7) is 1.45. The van der Waals surface area contributed by atoms with E-state index in [1.165, 1.54) is 12.5 Å². The third-order valence-corrected chi connectivity index (χ3v) is 4.02. The lowest BCUT2D eigenvalue weighted by molar-refractivity contribution is -0.119. The molecular weight excluding hydrogens is 346 g/mol. The standard InChI is InChI=1S/C20H15N3O4/c1-12-8-17(14-4-2-3-5-15(14)22-12)23-19(24)10-26-20(25)13-6-7-16-18(9-13)27-11-21-16/h2-9,11H,10H2,1H3,(H,22,23,24). The third-order valence-electron chi connectivity index (χ3n) is 4.02. The van der Waals surface area contributed by atoms with Gasteiger partial charge in [0.2, 0.25) is 0 Å². The van der Waals surface area contributed by atoms with Crippen LogP contribution in [0.5, 0.6) is 0 Å². The predicted molar refractivity (Wildman–Crippen MR) is 99.4 cm³/mol. The van der Waals surface area contributed by atoms with E-state index in [2.05, 4.69) is 15.3 Å². The highest BCUT2D eigenvalue weighted by molar-refractivity contribution is 6.02. The Morgan fingerprint density at radius 1 is 1.11 bits per heavy atom. The second kappa shape index (κ2) is 6.87. The van der Waals surface area contributed by atoms with E-state index in [1.54, 1.807) is 18.2 Å². The van der Waals surface area contributed by atoms with Gasteiger partial charge in [0.1, 0.15) is 5.52 Å². The van der Waals surface area contributed by atoms with Crippen molar-refractivity contribution in [3.05, 3.63) is 66.2 Å². The number of hydrogen-bond donors (Lipinski definition) is 1. The molecular formula is C20H15N3O4. The summed E-state index contributed by atoms with van der Waals surface area (Å²) >= 11 is 0. The van der Waals surface area contributed by atoms with Gasteiger partial charge in [0.15, 0.2) is 18.6 Å². The van der Waals surface area contributed by atoms with Gasteiger partial charge in [-0.3, -0.25) is 9.78 Å². The summed E-state index contributed by atoms with van der Waals surface area (Å²) in [5, 5.41) is 3.59. The van der Waals surface area contributed by atoms with Crippen LogP contribution < -0.4 is 5.32 Å². The quantitative estimate of drug-likeness (QED) is 0.559. The van der Waals surface area contributed by atoms with E-state index in [0.29, 0.717) is 16.8 Å². The molecule has 7 nitrogen and oxygen atoms in total. The maximum Gasteiger partial charge on any atom is 0.338 e. The molecule has 7 heteroatoms. The molecule has 2 aromatic carbocycles. The minimum atomic E-state index is -0.612. The van der Waals surface area contributed by atoms with Gasteiger partial charge in [-0.2, -0.15) is 0 Å². The minimum Gasteiger partial charge on any atom is -0.452 e. The van der Waals surface area contributed by atoms with Crippen LogP contribution in [0, 0.1) is 6.92 Å². The molecule has 1 amide bonds. The monoisotopic (exact) mass is 361 g/mol. The first-order chi connectivity index (χ1) is 13.1. The lowest BCUT2D eigenvalue weighted by Crippen LogP contribution is -2.21. The zero-order chi connectivity index (χ0) is 18.8. The Bertz CT molecular complexity index is 1170. The first-order valence-corrected chi connectivity index (χ1v) is 8.27. The molecule has 0 saturated heterocycles. The van der Waals surface area contributed by atoms with Gasteiger partial charge < -0.3 is 14.5 Å². The SMILES string of the molecule is Cc1cc(NC(=O)COC(=O)c2ccc3ncoc3c2)c2ccccc2n1. The number of hydrogen-bond acceptors (Lipinski definition) is 6. The Kier molecular flexibility index (Phi) is 4.25. The molecule has 0 aliphatic carbocycles. The second-order valence-electron chi connectivity index (χ2n) is 5.99. The van der Waals surface area contributed by atoms with Crippen LogP contribution in [0.15, 0.2) is 59.3 Å². The topological polar surface area (TPSA) is 94.3 Å². The van der Waals surface area contributed by atoms with Crippen molar-refractivity contribution in [2.45, 2.75) is 6.92 Å². The lowest BCUT2D eigenvalue weighted by Gasteiger charge is -2.10. The zero-order valence-corrected chi connectivity index (χ0v) is 14.4. The van der Waals surface area contributed by atoms with Crippen molar-refractivity contribution in [1.29, 1.82) is 0 Å². The van der Waals surface area contributed by atoms with Crippen molar-refractivity contribution in [2.24, 2.45) is 0 Å². The second-order valence-corrected chi connectivity index (χ2v) is 5.99. The van der Waals surface area contributed by atoms with Crippen LogP contribution in [0.2, 0.25) is 0 Å². The van der Waals surface area contributed by atoms with E-state index in [1.807, 2.05) is 31.2 Å². The van der Waals surface area contributed by atoms with Crippen LogP contribution in [0.3, 0.4) is 0 Å². The first-order valence-electron chi connectivity index (χ1n) is 8.27. The number of amides is 1. The number of nitrogens with one attached hydrogen (secondary N) is 1. The molecule has 0 saturated carbocycles. The number of oxazole rings is 1. The van der Waals surface area contributed by atoms with Crippen molar-refractivity contribution >= 4 is 39.6 Å². The van der Waals surface area contributed by atoms with Crippen LogP contribution in [-0.2, 0) is 9.53 Å². The summed E-state index contributed by atoms with van der Waals surface area (Å²) in [5.41, 5.74) is 3.60. The fourth-order valence-electron chi connectivity index (χ4n) is 2.79. The maximum absolute atomic E-state index is 12.2. The molecule has 0 unspecified atom stereocenters. The number of benzene rings is 2. The van der Waals surface area contributed by atoms with Crippen molar-refractivity contribution < 1.29 is 18.7 Å². The molecule has 2 aromatic heterocycles. The molecule has 0 fully saturated rings. The van der Waals surface area contributed by atoms with Crippen molar-refractivity contribution in [2.75, 3.05) is 11.9 Å². The third kappa shape index (κ3) is 3.48. The smallest absolute Gasteiger partial charge is 0.338 e. The summed E-state index contributed by atoms with van der Waals surface area (Å²) in [6.07, 6.45) is 1.30. The number of esters is 1. The summed E-state index contributed by atoms with van der Waals surface area (Å²) in [4.78, 5) is 32.8. The van der Waals surface area contributed by atoms with Gasteiger partial charge in [-0.1, -0.05) is 18.2 Å². The number of nitrogens with zero attached hydrogens (tertiary/aromatic N) is 2. The first kappa shape index (κ1) is 16.7. The Balaban J connectivity index is 1.44. The average Bonchev–Trinajstić information content (AvgIpc) is 3.13. The van der Waals surface area contributed by atoms with Crippen molar-refractivity contribution in [3.63, 3.8) is 0 Å². The summed E-state index contributed by atoms with van der Waals surface area (Å²) in [6, 6.07) is 14.0. The minimum absolute atomic E-state index is 0.289. The van der Waals surface area contributed by atoms with Crippen LogP contribution in [-0.4, -0.2) is 28.5 Å². The van der Waals surface area contributed by atoms with Crippen molar-refractivity contribution in [1.82, 2.24) is 9.97 Å². The van der Waals surface area contributed by atoms with Crippen LogP contribution in [0.1, 0.15) is 16.1 Å². The van der Waals surface area contributed by atoms with Gasteiger partial charge in [0.25, 0.3) is 5.91 Å². The Hall–Kier alpha value is -3.74. The van der Waals surface area contributed by atoms with E-state index >= 15 is 0 Å². The molecule has 0 aliphatic heterocycles. The summed E-state index contributed by atoms with van der Waals surface area (Å²) in [5.74, 6) is -1.04.